The molecule has 2 N–H and O–H groups in total. The third kappa shape index (κ3) is 4.15. The van der Waals surface area contributed by atoms with Crippen molar-refractivity contribution in [1.82, 2.24) is 5.32 Å². The molecule has 1 atom stereocenters. The SMILES string of the molecule is O=C(N[C@@H](Cc1ccc(F)c([N+](=O)[O-])c1)C(=O)O)c1cccc(F)c1F. The molecule has 2 aromatic carbocycles. The molecule has 0 saturated heterocycles. The predicted molar refractivity (Wildman–Crippen MR) is 82.0 cm³/mol. The van der Waals surface area contributed by atoms with Gasteiger partial charge in [0.05, 0.1) is 10.5 Å². The molecule has 0 unspecified atom stereocenters. The van der Waals surface area contributed by atoms with Crippen molar-refractivity contribution < 1.29 is 32.8 Å². The second-order valence-electron chi connectivity index (χ2n) is 5.21. The van der Waals surface area contributed by atoms with Crippen LogP contribution in [0.3, 0.4) is 0 Å². The van der Waals surface area contributed by atoms with Crippen LogP contribution in [0, 0.1) is 27.6 Å². The third-order valence-corrected chi connectivity index (χ3v) is 3.45. The lowest BCUT2D eigenvalue weighted by atomic mass is 10.0. The van der Waals surface area contributed by atoms with Crippen molar-refractivity contribution in [2.75, 3.05) is 0 Å². The van der Waals surface area contributed by atoms with Gasteiger partial charge in [-0.2, -0.15) is 4.39 Å². The summed E-state index contributed by atoms with van der Waals surface area (Å²) >= 11 is 0. The number of carbonyl (C=O) groups excluding carboxylic acids is 1. The van der Waals surface area contributed by atoms with E-state index in [9.17, 15) is 38.0 Å². The predicted octanol–water partition coefficient (Wildman–Crippen LogP) is 2.44. The summed E-state index contributed by atoms with van der Waals surface area (Å²) in [6.07, 6.45) is -0.431. The molecule has 136 valence electrons. The molecule has 0 heterocycles. The van der Waals surface area contributed by atoms with Crippen molar-refractivity contribution in [1.29, 1.82) is 0 Å². The topological polar surface area (TPSA) is 110 Å². The largest absolute Gasteiger partial charge is 0.480 e. The molecule has 10 heteroatoms. The van der Waals surface area contributed by atoms with Gasteiger partial charge in [0, 0.05) is 12.5 Å². The summed E-state index contributed by atoms with van der Waals surface area (Å²) in [5.74, 6) is -6.50. The van der Waals surface area contributed by atoms with Gasteiger partial charge in [0.1, 0.15) is 6.04 Å². The van der Waals surface area contributed by atoms with Crippen molar-refractivity contribution in [3.05, 3.63) is 75.1 Å². The molecule has 0 aliphatic rings. The molecule has 0 bridgehead atoms. The molecule has 2 rings (SSSR count). The van der Waals surface area contributed by atoms with Crippen LogP contribution >= 0.6 is 0 Å². The molecule has 0 radical (unpaired) electrons. The quantitative estimate of drug-likeness (QED) is 0.601. The Morgan fingerprint density at radius 3 is 2.46 bits per heavy atom. The second-order valence-corrected chi connectivity index (χ2v) is 5.21. The number of nitro groups is 1. The number of halogens is 3. The van der Waals surface area contributed by atoms with E-state index in [1.165, 1.54) is 0 Å². The zero-order chi connectivity index (χ0) is 19.4. The Balaban J connectivity index is 2.23. The average Bonchev–Trinajstić information content (AvgIpc) is 2.57. The monoisotopic (exact) mass is 368 g/mol. The number of nitro benzene ring substituents is 1. The average molecular weight is 368 g/mol. The summed E-state index contributed by atoms with van der Waals surface area (Å²) in [5, 5.41) is 21.9. The Morgan fingerprint density at radius 2 is 1.85 bits per heavy atom. The minimum atomic E-state index is -1.60. The van der Waals surface area contributed by atoms with Crippen molar-refractivity contribution in [2.45, 2.75) is 12.5 Å². The van der Waals surface area contributed by atoms with Gasteiger partial charge in [0.25, 0.3) is 5.91 Å². The number of nitrogens with one attached hydrogen (secondary N) is 1. The van der Waals surface area contributed by atoms with Crippen molar-refractivity contribution in [3.8, 4) is 0 Å². The van der Waals surface area contributed by atoms with Gasteiger partial charge in [-0.25, -0.2) is 13.6 Å². The second kappa shape index (κ2) is 7.64. The summed E-state index contributed by atoms with van der Waals surface area (Å²) in [6, 6.07) is 3.98. The van der Waals surface area contributed by atoms with Gasteiger partial charge in [-0.15, -0.1) is 0 Å². The fourth-order valence-corrected chi connectivity index (χ4v) is 2.18. The number of benzene rings is 2. The number of hydrogen-bond acceptors (Lipinski definition) is 4. The highest BCUT2D eigenvalue weighted by molar-refractivity contribution is 5.96. The Morgan fingerprint density at radius 1 is 1.15 bits per heavy atom. The van der Waals surface area contributed by atoms with Crippen molar-refractivity contribution >= 4 is 17.6 Å². The van der Waals surface area contributed by atoms with Crippen LogP contribution in [0.1, 0.15) is 15.9 Å². The number of amides is 1. The van der Waals surface area contributed by atoms with Crippen LogP contribution in [0.4, 0.5) is 18.9 Å². The molecule has 7 nitrogen and oxygen atoms in total. The first-order chi connectivity index (χ1) is 12.2. The lowest BCUT2D eigenvalue weighted by Gasteiger charge is -2.15. The molecule has 0 fully saturated rings. The number of carboxylic acids is 1. The number of aliphatic carboxylic acids is 1. The van der Waals surface area contributed by atoms with Crippen LogP contribution in [0.25, 0.3) is 0 Å². The first-order valence-electron chi connectivity index (χ1n) is 7.11. The van der Waals surface area contributed by atoms with E-state index in [1.54, 1.807) is 0 Å². The summed E-state index contributed by atoms with van der Waals surface area (Å²) in [7, 11) is 0. The lowest BCUT2D eigenvalue weighted by molar-refractivity contribution is -0.387. The van der Waals surface area contributed by atoms with E-state index in [0.29, 0.717) is 0 Å². The number of hydrogen-bond donors (Lipinski definition) is 2. The third-order valence-electron chi connectivity index (χ3n) is 3.45. The normalized spacial score (nSPS) is 11.7. The fraction of sp³-hybridized carbons (Fsp3) is 0.125. The Bertz CT molecular complexity index is 888. The minimum Gasteiger partial charge on any atom is -0.480 e. The fourth-order valence-electron chi connectivity index (χ4n) is 2.18. The molecule has 0 saturated carbocycles. The van der Waals surface area contributed by atoms with E-state index in [0.717, 1.165) is 36.4 Å². The minimum absolute atomic E-state index is 0.0607. The molecular formula is C16H11F3N2O5. The zero-order valence-corrected chi connectivity index (χ0v) is 12.9. The summed E-state index contributed by atoms with van der Waals surface area (Å²) < 4.78 is 40.1. The standard InChI is InChI=1S/C16H11F3N2O5/c17-10-5-4-8(7-13(10)21(25)26)6-12(16(23)24)20-15(22)9-2-1-3-11(18)14(9)19/h1-5,7,12H,6H2,(H,20,22)(H,23,24)/t12-/m0/s1. The maximum atomic E-state index is 13.6. The van der Waals surface area contributed by atoms with Gasteiger partial charge in [-0.1, -0.05) is 12.1 Å². The van der Waals surface area contributed by atoms with Crippen LogP contribution < -0.4 is 5.32 Å². The Labute approximate surface area is 144 Å². The van der Waals surface area contributed by atoms with Gasteiger partial charge in [-0.05, 0) is 23.8 Å². The van der Waals surface area contributed by atoms with Crippen LogP contribution in [0.2, 0.25) is 0 Å². The maximum absolute atomic E-state index is 13.6. The van der Waals surface area contributed by atoms with E-state index < -0.39 is 58.0 Å². The zero-order valence-electron chi connectivity index (χ0n) is 12.9. The van der Waals surface area contributed by atoms with Crippen LogP contribution in [-0.2, 0) is 11.2 Å². The first-order valence-corrected chi connectivity index (χ1v) is 7.11. The van der Waals surface area contributed by atoms with Gasteiger partial charge < -0.3 is 10.4 Å². The molecule has 0 spiro atoms. The number of nitrogens with zero attached hydrogens (tertiary/aromatic N) is 1. The Hall–Kier alpha value is -3.43. The number of carbonyl (C=O) groups is 2. The van der Waals surface area contributed by atoms with Gasteiger partial charge >= 0.3 is 11.7 Å². The highest BCUT2D eigenvalue weighted by atomic mass is 19.2. The number of carboxylic acid groups (broad SMARTS) is 1. The van der Waals surface area contributed by atoms with E-state index in [1.807, 2.05) is 5.32 Å². The van der Waals surface area contributed by atoms with Gasteiger partial charge in [-0.3, -0.25) is 14.9 Å². The van der Waals surface area contributed by atoms with Gasteiger partial charge in [0.15, 0.2) is 11.6 Å². The first kappa shape index (κ1) is 18.9. The number of rotatable bonds is 6. The molecule has 1 amide bonds. The summed E-state index contributed by atoms with van der Waals surface area (Å²) in [6.45, 7) is 0. The van der Waals surface area contributed by atoms with Crippen molar-refractivity contribution in [3.63, 3.8) is 0 Å². The lowest BCUT2D eigenvalue weighted by Crippen LogP contribution is -2.42. The van der Waals surface area contributed by atoms with E-state index >= 15 is 0 Å². The van der Waals surface area contributed by atoms with Crippen LogP contribution in [-0.4, -0.2) is 27.9 Å². The molecule has 0 aromatic heterocycles. The molecule has 26 heavy (non-hydrogen) atoms. The smallest absolute Gasteiger partial charge is 0.326 e. The summed E-state index contributed by atoms with van der Waals surface area (Å²) in [4.78, 5) is 33.1. The molecule has 0 aliphatic carbocycles. The Kier molecular flexibility index (Phi) is 5.55. The van der Waals surface area contributed by atoms with E-state index in [4.69, 9.17) is 0 Å². The van der Waals surface area contributed by atoms with E-state index in [-0.39, 0.29) is 5.56 Å². The molecule has 2 aromatic rings. The highest BCUT2D eigenvalue weighted by Gasteiger charge is 2.25. The molecular weight excluding hydrogens is 357 g/mol. The summed E-state index contributed by atoms with van der Waals surface area (Å²) in [5.41, 5.74) is -1.49. The van der Waals surface area contributed by atoms with Gasteiger partial charge in [0.2, 0.25) is 5.82 Å². The van der Waals surface area contributed by atoms with Crippen LogP contribution in [0.15, 0.2) is 36.4 Å². The molecule has 0 aliphatic heterocycles. The van der Waals surface area contributed by atoms with E-state index in [2.05, 4.69) is 0 Å². The van der Waals surface area contributed by atoms with Crippen LogP contribution in [0.5, 0.6) is 0 Å². The maximum Gasteiger partial charge on any atom is 0.326 e. The highest BCUT2D eigenvalue weighted by Crippen LogP contribution is 2.20. The van der Waals surface area contributed by atoms with Crippen molar-refractivity contribution in [2.24, 2.45) is 0 Å².